The summed E-state index contributed by atoms with van der Waals surface area (Å²) >= 11 is 0. The van der Waals surface area contributed by atoms with Crippen molar-refractivity contribution in [3.8, 4) is 6.07 Å². The Hall–Kier alpha value is -0.810. The van der Waals surface area contributed by atoms with Crippen molar-refractivity contribution >= 4 is 0 Å². The van der Waals surface area contributed by atoms with Crippen molar-refractivity contribution in [1.29, 1.82) is 5.26 Å². The lowest BCUT2D eigenvalue weighted by atomic mass is 9.93. The minimum absolute atomic E-state index is 0.567. The third-order valence-corrected chi connectivity index (χ3v) is 3.30. The van der Waals surface area contributed by atoms with Gasteiger partial charge in [-0.3, -0.25) is 4.90 Å². The van der Waals surface area contributed by atoms with E-state index in [4.69, 9.17) is 5.26 Å². The fraction of sp³-hybridized carbons (Fsp3) is 0.727. The first-order valence-corrected chi connectivity index (χ1v) is 5.03. The molecule has 1 fully saturated rings. The van der Waals surface area contributed by atoms with Gasteiger partial charge < -0.3 is 0 Å². The van der Waals surface area contributed by atoms with Gasteiger partial charge in [-0.2, -0.15) is 5.26 Å². The maximum atomic E-state index is 8.54. The van der Waals surface area contributed by atoms with Crippen LogP contribution in [0.2, 0.25) is 0 Å². The van der Waals surface area contributed by atoms with Crippen LogP contribution >= 0.6 is 0 Å². The highest BCUT2D eigenvalue weighted by atomic mass is 15.1. The monoisotopic (exact) mass is 176 g/mol. The highest BCUT2D eigenvalue weighted by Gasteiger charge is 2.35. The van der Waals surface area contributed by atoms with Gasteiger partial charge in [-0.25, -0.2) is 0 Å². The van der Waals surface area contributed by atoms with Crippen LogP contribution in [0, 0.1) is 29.1 Å². The van der Waals surface area contributed by atoms with Gasteiger partial charge in [0.2, 0.25) is 0 Å². The minimum atomic E-state index is 0.567. The number of fused-ring (bicyclic) bond motifs is 2. The second-order valence-electron chi connectivity index (χ2n) is 4.40. The Balaban J connectivity index is 1.84. The Morgan fingerprint density at radius 2 is 2.31 bits per heavy atom. The predicted molar refractivity (Wildman–Crippen MR) is 52.0 cm³/mol. The van der Waals surface area contributed by atoms with Crippen molar-refractivity contribution in [1.82, 2.24) is 4.90 Å². The second kappa shape index (κ2) is 3.51. The largest absolute Gasteiger partial charge is 0.293 e. The van der Waals surface area contributed by atoms with Crippen LogP contribution in [0.1, 0.15) is 12.8 Å². The van der Waals surface area contributed by atoms with Crippen LogP contribution in [0.25, 0.3) is 0 Å². The molecule has 0 saturated heterocycles. The molecule has 2 heteroatoms. The Labute approximate surface area is 79.8 Å². The van der Waals surface area contributed by atoms with E-state index in [-0.39, 0.29) is 0 Å². The van der Waals surface area contributed by atoms with Gasteiger partial charge >= 0.3 is 0 Å². The van der Waals surface area contributed by atoms with Gasteiger partial charge in [0.05, 0.1) is 12.6 Å². The lowest BCUT2D eigenvalue weighted by Gasteiger charge is -2.23. The van der Waals surface area contributed by atoms with Gasteiger partial charge in [-0.05, 0) is 37.6 Å². The van der Waals surface area contributed by atoms with E-state index in [0.717, 1.165) is 24.3 Å². The normalized spacial score (nSPS) is 35.6. The van der Waals surface area contributed by atoms with Gasteiger partial charge in [0.25, 0.3) is 0 Å². The van der Waals surface area contributed by atoms with Crippen molar-refractivity contribution in [3.63, 3.8) is 0 Å². The van der Waals surface area contributed by atoms with E-state index >= 15 is 0 Å². The molecule has 2 nitrogen and oxygen atoms in total. The molecule has 2 aliphatic rings. The molecular formula is C11H16N2. The number of rotatable bonds is 3. The SMILES string of the molecule is CN(CC#N)CC1CC2C=CC1C2. The number of allylic oxidation sites excluding steroid dienone is 2. The molecule has 0 heterocycles. The van der Waals surface area contributed by atoms with Gasteiger partial charge in [-0.1, -0.05) is 12.2 Å². The van der Waals surface area contributed by atoms with E-state index in [1.165, 1.54) is 12.8 Å². The highest BCUT2D eigenvalue weighted by Crippen LogP contribution is 2.43. The van der Waals surface area contributed by atoms with Crippen molar-refractivity contribution in [2.75, 3.05) is 20.1 Å². The molecule has 0 radical (unpaired) electrons. The third-order valence-electron chi connectivity index (χ3n) is 3.30. The van der Waals surface area contributed by atoms with Crippen LogP contribution in [-0.4, -0.2) is 25.0 Å². The van der Waals surface area contributed by atoms with E-state index in [9.17, 15) is 0 Å². The summed E-state index contributed by atoms with van der Waals surface area (Å²) in [5, 5.41) is 8.54. The summed E-state index contributed by atoms with van der Waals surface area (Å²) in [5.41, 5.74) is 0. The molecule has 0 spiro atoms. The fourth-order valence-electron chi connectivity index (χ4n) is 2.69. The van der Waals surface area contributed by atoms with E-state index in [0.29, 0.717) is 6.54 Å². The number of hydrogen-bond acceptors (Lipinski definition) is 2. The molecule has 1 saturated carbocycles. The molecule has 0 aliphatic heterocycles. The molecular weight excluding hydrogens is 160 g/mol. The zero-order chi connectivity index (χ0) is 9.26. The van der Waals surface area contributed by atoms with Crippen LogP contribution in [0.5, 0.6) is 0 Å². The third kappa shape index (κ3) is 1.76. The molecule has 13 heavy (non-hydrogen) atoms. The topological polar surface area (TPSA) is 27.0 Å². The fourth-order valence-corrected chi connectivity index (χ4v) is 2.69. The first kappa shape index (κ1) is 8.77. The Bertz CT molecular complexity index is 251. The van der Waals surface area contributed by atoms with E-state index in [2.05, 4.69) is 23.1 Å². The van der Waals surface area contributed by atoms with Crippen molar-refractivity contribution in [3.05, 3.63) is 12.2 Å². The number of nitrogens with zero attached hydrogens (tertiary/aromatic N) is 2. The first-order valence-electron chi connectivity index (χ1n) is 5.03. The molecule has 0 amide bonds. The van der Waals surface area contributed by atoms with Crippen LogP contribution in [0.3, 0.4) is 0 Å². The Morgan fingerprint density at radius 3 is 2.85 bits per heavy atom. The minimum Gasteiger partial charge on any atom is -0.293 e. The van der Waals surface area contributed by atoms with E-state index < -0.39 is 0 Å². The molecule has 0 N–H and O–H groups in total. The first-order chi connectivity index (χ1) is 6.29. The van der Waals surface area contributed by atoms with Crippen molar-refractivity contribution in [2.45, 2.75) is 12.8 Å². The maximum absolute atomic E-state index is 8.54. The van der Waals surface area contributed by atoms with Crippen molar-refractivity contribution < 1.29 is 0 Å². The molecule has 2 rings (SSSR count). The zero-order valence-corrected chi connectivity index (χ0v) is 8.11. The summed E-state index contributed by atoms with van der Waals surface area (Å²) in [4.78, 5) is 2.14. The Kier molecular flexibility index (Phi) is 2.37. The van der Waals surface area contributed by atoms with E-state index in [1.807, 2.05) is 7.05 Å². The van der Waals surface area contributed by atoms with E-state index in [1.54, 1.807) is 0 Å². The number of nitriles is 1. The summed E-state index contributed by atoms with van der Waals surface area (Å²) in [5.74, 6) is 2.48. The molecule has 2 aliphatic carbocycles. The molecule has 70 valence electrons. The lowest BCUT2D eigenvalue weighted by molar-refractivity contribution is 0.276. The van der Waals surface area contributed by atoms with Crippen molar-refractivity contribution in [2.24, 2.45) is 17.8 Å². The van der Waals surface area contributed by atoms with Crippen LogP contribution in [0.4, 0.5) is 0 Å². The van der Waals surface area contributed by atoms with Gasteiger partial charge in [0.15, 0.2) is 0 Å². The van der Waals surface area contributed by atoms with Crippen LogP contribution in [0.15, 0.2) is 12.2 Å². The Morgan fingerprint density at radius 1 is 1.46 bits per heavy atom. The zero-order valence-electron chi connectivity index (χ0n) is 8.11. The summed E-state index contributed by atoms with van der Waals surface area (Å²) < 4.78 is 0. The summed E-state index contributed by atoms with van der Waals surface area (Å²) in [7, 11) is 2.04. The van der Waals surface area contributed by atoms with Gasteiger partial charge in [0, 0.05) is 6.54 Å². The molecule has 3 atom stereocenters. The number of hydrogen-bond donors (Lipinski definition) is 0. The molecule has 0 aromatic rings. The molecule has 0 aromatic carbocycles. The molecule has 0 aromatic heterocycles. The van der Waals surface area contributed by atoms with Crippen LogP contribution in [-0.2, 0) is 0 Å². The molecule has 2 bridgehead atoms. The highest BCUT2D eigenvalue weighted by molar-refractivity contribution is 5.10. The summed E-state index contributed by atoms with van der Waals surface area (Å²) in [6.45, 7) is 1.66. The average Bonchev–Trinajstić information content (AvgIpc) is 2.65. The summed E-state index contributed by atoms with van der Waals surface area (Å²) in [6.07, 6.45) is 7.45. The average molecular weight is 176 g/mol. The maximum Gasteiger partial charge on any atom is 0.0863 e. The summed E-state index contributed by atoms with van der Waals surface area (Å²) in [6, 6.07) is 2.19. The van der Waals surface area contributed by atoms with Crippen LogP contribution < -0.4 is 0 Å². The van der Waals surface area contributed by atoms with Gasteiger partial charge in [0.1, 0.15) is 0 Å². The lowest BCUT2D eigenvalue weighted by Crippen LogP contribution is -2.28. The second-order valence-corrected chi connectivity index (χ2v) is 4.40. The quantitative estimate of drug-likeness (QED) is 0.483. The molecule has 3 unspecified atom stereocenters. The standard InChI is InChI=1S/C11H16N2/c1-13(5-4-12)8-11-7-9-2-3-10(11)6-9/h2-3,9-11H,5-8H2,1H3. The smallest absolute Gasteiger partial charge is 0.0863 e. The predicted octanol–water partition coefficient (Wildman–Crippen LogP) is 1.65. The van der Waals surface area contributed by atoms with Gasteiger partial charge in [-0.15, -0.1) is 0 Å².